The van der Waals surface area contributed by atoms with Gasteiger partial charge in [-0.3, -0.25) is 0 Å². The van der Waals surface area contributed by atoms with Crippen molar-refractivity contribution in [3.63, 3.8) is 0 Å². The van der Waals surface area contributed by atoms with E-state index in [1.165, 1.54) is 25.2 Å². The molecule has 0 saturated heterocycles. The Labute approximate surface area is 98.5 Å². The molecule has 13 heavy (non-hydrogen) atoms. The molecule has 0 amide bonds. The number of hydrogen-bond donors (Lipinski definition) is 0. The molecule has 0 nitrogen and oxygen atoms in total. The fraction of sp³-hybridized carbons (Fsp3) is 0.667. The van der Waals surface area contributed by atoms with Crippen molar-refractivity contribution >= 4 is 0 Å². The number of allylic oxidation sites excluding steroid dienone is 2. The molecule has 2 bridgehead atoms. The molecule has 1 saturated carbocycles. The second-order valence-corrected chi connectivity index (χ2v) is 4.22. The quantitative estimate of drug-likeness (QED) is 0.457. The van der Waals surface area contributed by atoms with Crippen molar-refractivity contribution in [2.45, 2.75) is 40.0 Å². The Morgan fingerprint density at radius 2 is 1.31 bits per heavy atom. The molecule has 0 aromatic rings. The minimum absolute atomic E-state index is 0. The Bertz CT molecular complexity index is 123. The zero-order chi connectivity index (χ0) is 8.27. The molecule has 2 rings (SSSR count). The molecule has 2 aliphatic carbocycles. The van der Waals surface area contributed by atoms with Crippen LogP contribution in [0.5, 0.6) is 0 Å². The molecule has 0 radical (unpaired) electrons. The first kappa shape index (κ1) is 15.9. The van der Waals surface area contributed by atoms with Crippen LogP contribution in [0.3, 0.4) is 0 Å². The molecule has 0 N–H and O–H groups in total. The van der Waals surface area contributed by atoms with Gasteiger partial charge in [-0.1, -0.05) is 12.2 Å². The Morgan fingerprint density at radius 3 is 1.38 bits per heavy atom. The van der Waals surface area contributed by atoms with Crippen LogP contribution in [0.2, 0.25) is 0 Å². The molecule has 0 heterocycles. The van der Waals surface area contributed by atoms with Gasteiger partial charge >= 0.3 is 21.1 Å². The average Bonchev–Trinajstić information content (AvgIpc) is 2.45. The van der Waals surface area contributed by atoms with E-state index >= 15 is 0 Å². The minimum Gasteiger partial charge on any atom is -0.358 e. The van der Waals surface area contributed by atoms with E-state index < -0.39 is 0 Å². The smallest absolute Gasteiger partial charge is 0.358 e. The predicted molar refractivity (Wildman–Crippen MR) is 56.7 cm³/mol. The van der Waals surface area contributed by atoms with Crippen molar-refractivity contribution in [2.24, 2.45) is 11.8 Å². The fourth-order valence-electron chi connectivity index (χ4n) is 1.72. The van der Waals surface area contributed by atoms with Gasteiger partial charge in [0.15, 0.2) is 0 Å². The maximum absolute atomic E-state index is 2.38. The van der Waals surface area contributed by atoms with Gasteiger partial charge < -0.3 is 13.3 Å². The van der Waals surface area contributed by atoms with Crippen LogP contribution in [-0.4, -0.2) is 0 Å². The van der Waals surface area contributed by atoms with Crippen molar-refractivity contribution in [3.05, 3.63) is 25.5 Å². The normalized spacial score (nSPS) is 27.4. The van der Waals surface area contributed by atoms with E-state index in [2.05, 4.69) is 32.9 Å². The molecule has 1 fully saturated rings. The van der Waals surface area contributed by atoms with Crippen LogP contribution < -0.4 is 0 Å². The first-order valence-corrected chi connectivity index (χ1v) is 4.63. The van der Waals surface area contributed by atoms with Crippen LogP contribution in [0.25, 0.3) is 0 Å². The Morgan fingerprint density at radius 1 is 1.00 bits per heavy atom. The Kier molecular flexibility index (Phi) is 9.53. The van der Waals surface area contributed by atoms with Crippen LogP contribution in [0.4, 0.5) is 0 Å². The first-order valence-electron chi connectivity index (χ1n) is 4.63. The fourth-order valence-corrected chi connectivity index (χ4v) is 1.72. The summed E-state index contributed by atoms with van der Waals surface area (Å²) in [5.41, 5.74) is 0. The second-order valence-electron chi connectivity index (χ2n) is 4.22. The summed E-state index contributed by atoms with van der Waals surface area (Å²) in [4.78, 5) is 0. The third-order valence-electron chi connectivity index (χ3n) is 2.17. The van der Waals surface area contributed by atoms with Gasteiger partial charge in [-0.05, 0) is 31.1 Å². The summed E-state index contributed by atoms with van der Waals surface area (Å²) < 4.78 is 0. The SMILES string of the molecule is C1=CC2CCC1C2.C[C-](C)C.[CH3-].[W+2]. The molecule has 0 aromatic carbocycles. The molecule has 2 aliphatic rings. The van der Waals surface area contributed by atoms with Gasteiger partial charge in [-0.15, -0.1) is 0 Å². The van der Waals surface area contributed by atoms with E-state index in [0.717, 1.165) is 11.8 Å². The Balaban J connectivity index is 0. The van der Waals surface area contributed by atoms with Gasteiger partial charge in [-0.2, -0.15) is 20.8 Å². The van der Waals surface area contributed by atoms with Crippen LogP contribution >= 0.6 is 0 Å². The molecular formula is C12H22W. The molecule has 0 spiro atoms. The molecular weight excluding hydrogens is 328 g/mol. The van der Waals surface area contributed by atoms with Gasteiger partial charge in [0.2, 0.25) is 0 Å². The summed E-state index contributed by atoms with van der Waals surface area (Å²) in [6, 6.07) is 0. The van der Waals surface area contributed by atoms with E-state index in [1.54, 1.807) is 0 Å². The van der Waals surface area contributed by atoms with Gasteiger partial charge in [0, 0.05) is 0 Å². The zero-order valence-electron chi connectivity index (χ0n) is 9.34. The van der Waals surface area contributed by atoms with Gasteiger partial charge in [0.25, 0.3) is 0 Å². The van der Waals surface area contributed by atoms with E-state index in [0.29, 0.717) is 0 Å². The van der Waals surface area contributed by atoms with Crippen LogP contribution in [-0.2, 0) is 21.1 Å². The summed E-state index contributed by atoms with van der Waals surface area (Å²) >= 11 is 0. The molecule has 0 aromatic heterocycles. The molecule has 0 aliphatic heterocycles. The van der Waals surface area contributed by atoms with Crippen molar-refractivity contribution in [1.29, 1.82) is 0 Å². The maximum Gasteiger partial charge on any atom is 2.00 e. The molecule has 2 atom stereocenters. The van der Waals surface area contributed by atoms with Crippen molar-refractivity contribution in [3.8, 4) is 0 Å². The first-order chi connectivity index (χ1) is 5.18. The number of hydrogen-bond acceptors (Lipinski definition) is 0. The van der Waals surface area contributed by atoms with Crippen LogP contribution in [0, 0.1) is 25.2 Å². The van der Waals surface area contributed by atoms with E-state index in [9.17, 15) is 0 Å². The summed E-state index contributed by atoms with van der Waals surface area (Å²) in [6.07, 6.45) is 9.19. The monoisotopic (exact) mass is 350 g/mol. The van der Waals surface area contributed by atoms with Crippen LogP contribution in [0.15, 0.2) is 12.2 Å². The summed E-state index contributed by atoms with van der Waals surface area (Å²) in [7, 11) is 0. The second kappa shape index (κ2) is 7.80. The largest absolute Gasteiger partial charge is 2.00 e. The number of rotatable bonds is 0. The maximum atomic E-state index is 2.38. The molecule has 76 valence electrons. The van der Waals surface area contributed by atoms with E-state index in [4.69, 9.17) is 0 Å². The van der Waals surface area contributed by atoms with Gasteiger partial charge in [-0.25, -0.2) is 0 Å². The van der Waals surface area contributed by atoms with Crippen LogP contribution in [0.1, 0.15) is 40.0 Å². The summed E-state index contributed by atoms with van der Waals surface area (Å²) in [6.45, 7) is 6.25. The minimum atomic E-state index is 0. The number of fused-ring (bicyclic) bond motifs is 2. The van der Waals surface area contributed by atoms with E-state index in [1.807, 2.05) is 0 Å². The predicted octanol–water partition coefficient (Wildman–Crippen LogP) is 4.04. The topological polar surface area (TPSA) is 0 Å². The third-order valence-corrected chi connectivity index (χ3v) is 2.17. The third kappa shape index (κ3) is 6.49. The van der Waals surface area contributed by atoms with Crippen molar-refractivity contribution in [1.82, 2.24) is 0 Å². The molecule has 2 unspecified atom stereocenters. The van der Waals surface area contributed by atoms with Gasteiger partial charge in [0.05, 0.1) is 0 Å². The van der Waals surface area contributed by atoms with E-state index in [-0.39, 0.29) is 28.5 Å². The van der Waals surface area contributed by atoms with Crippen molar-refractivity contribution in [2.75, 3.05) is 0 Å². The zero-order valence-corrected chi connectivity index (χ0v) is 12.3. The average molecular weight is 350 g/mol. The molecule has 1 heteroatoms. The van der Waals surface area contributed by atoms with Crippen molar-refractivity contribution < 1.29 is 21.1 Å². The standard InChI is InChI=1S/C7H10.C4H9.CH3.W/c1-2-7-4-3-6(1)5-7;1-4(2)3;;/h1-2,6-7H,3-5H2;1-3H3;1H3;/q;2*-1;+2. The van der Waals surface area contributed by atoms with Gasteiger partial charge in [0.1, 0.15) is 0 Å². The summed E-state index contributed by atoms with van der Waals surface area (Å²) in [5, 5.41) is 0. The Hall–Kier alpha value is 0.428. The summed E-state index contributed by atoms with van der Waals surface area (Å²) in [5.74, 6) is 3.40.